The first-order chi connectivity index (χ1) is 14.3. The molecule has 0 N–H and O–H groups in total. The monoisotopic (exact) mass is 569 g/mol. The molecule has 4 aromatic rings. The third kappa shape index (κ3) is 3.87. The van der Waals surface area contributed by atoms with E-state index in [4.69, 9.17) is 4.98 Å². The van der Waals surface area contributed by atoms with Crippen LogP contribution in [0.15, 0.2) is 66.7 Å². The van der Waals surface area contributed by atoms with Gasteiger partial charge in [0.1, 0.15) is 0 Å². The molecule has 0 saturated carbocycles. The minimum absolute atomic E-state index is 0. The molecule has 0 atom stereocenters. The Balaban J connectivity index is 0.00000218. The number of hydrogen-bond donors (Lipinski definition) is 0. The van der Waals surface area contributed by atoms with Crippen LogP contribution in [0.5, 0.6) is 0 Å². The van der Waals surface area contributed by atoms with Crippen LogP contribution in [0.25, 0.3) is 44.4 Å². The Kier molecular flexibility index (Phi) is 6.46. The molecule has 0 spiro atoms. The molecule has 5 rings (SSSR count). The average molecular weight is 569 g/mol. The molecule has 2 heteroatoms. The zero-order valence-electron chi connectivity index (χ0n) is 17.4. The minimum atomic E-state index is 0. The molecule has 1 radical (unpaired) electrons. The van der Waals surface area contributed by atoms with Crippen LogP contribution in [0.2, 0.25) is 0 Å². The summed E-state index contributed by atoms with van der Waals surface area (Å²) in [5.41, 5.74) is 9.92. The fraction of sp³-hybridized carbons (Fsp3) is 0.250. The maximum absolute atomic E-state index is 4.96. The van der Waals surface area contributed by atoms with Gasteiger partial charge in [-0.3, -0.25) is 4.98 Å². The maximum atomic E-state index is 4.96. The van der Waals surface area contributed by atoms with Gasteiger partial charge in [0.25, 0.3) is 0 Å². The van der Waals surface area contributed by atoms with Crippen molar-refractivity contribution in [1.82, 2.24) is 4.98 Å². The molecule has 0 unspecified atom stereocenters. The Morgan fingerprint density at radius 2 is 1.67 bits per heavy atom. The fourth-order valence-electron chi connectivity index (χ4n) is 4.55. The summed E-state index contributed by atoms with van der Waals surface area (Å²) >= 11 is 0. The van der Waals surface area contributed by atoms with E-state index in [2.05, 4.69) is 61.5 Å². The summed E-state index contributed by atoms with van der Waals surface area (Å²) in [6, 6.07) is 27.2. The number of benzene rings is 3. The Morgan fingerprint density at radius 3 is 2.50 bits per heavy atom. The molecule has 0 aliphatic heterocycles. The standard InChI is InChI=1S/C28H26N.Ir/c1-2-3-4-5-7-11-20-16-17-22-24(18-20)23-14-10-15-26-28(23)25(22)19-27(29-26)21-12-8-6-9-13-21;/h6,8-10,12,14-19H,2-5,7,11H2,1H3;/q-1;. The van der Waals surface area contributed by atoms with Crippen molar-refractivity contribution >= 4 is 10.9 Å². The van der Waals surface area contributed by atoms with Gasteiger partial charge >= 0.3 is 0 Å². The minimum Gasteiger partial charge on any atom is -0.296 e. The van der Waals surface area contributed by atoms with Gasteiger partial charge < -0.3 is 0 Å². The second-order valence-corrected chi connectivity index (χ2v) is 8.08. The Morgan fingerprint density at radius 1 is 0.767 bits per heavy atom. The summed E-state index contributed by atoms with van der Waals surface area (Å²) in [7, 11) is 0. The van der Waals surface area contributed by atoms with E-state index in [1.54, 1.807) is 0 Å². The molecule has 30 heavy (non-hydrogen) atoms. The molecule has 0 saturated heterocycles. The smallest absolute Gasteiger partial charge is 0.0607 e. The van der Waals surface area contributed by atoms with E-state index in [9.17, 15) is 0 Å². The SMILES string of the molecule is CCCCCCCc1ccc2c(c1)-c1cccc3nc(-c4[c-]cccc4)cc-2c13.[Ir]. The summed E-state index contributed by atoms with van der Waals surface area (Å²) in [5, 5.41) is 1.29. The molecule has 1 aliphatic rings. The molecular weight excluding hydrogens is 543 g/mol. The van der Waals surface area contributed by atoms with Crippen LogP contribution >= 0.6 is 0 Å². The van der Waals surface area contributed by atoms with E-state index < -0.39 is 0 Å². The first-order valence-electron chi connectivity index (χ1n) is 10.9. The van der Waals surface area contributed by atoms with Crippen LogP contribution in [0.4, 0.5) is 0 Å². The summed E-state index contributed by atoms with van der Waals surface area (Å²) < 4.78 is 0. The first kappa shape index (κ1) is 21.0. The predicted octanol–water partition coefficient (Wildman–Crippen LogP) is 7.86. The van der Waals surface area contributed by atoms with E-state index in [0.717, 1.165) is 16.8 Å². The van der Waals surface area contributed by atoms with E-state index in [1.807, 2.05) is 18.2 Å². The number of nitrogens with zero attached hydrogens (tertiary/aromatic N) is 1. The zero-order chi connectivity index (χ0) is 19.6. The molecule has 1 aliphatic carbocycles. The third-order valence-electron chi connectivity index (χ3n) is 6.05. The molecule has 3 aromatic carbocycles. The summed E-state index contributed by atoms with van der Waals surface area (Å²) in [6.07, 6.45) is 7.81. The van der Waals surface area contributed by atoms with Gasteiger partial charge in [0.05, 0.1) is 5.52 Å². The van der Waals surface area contributed by atoms with Crippen LogP contribution in [0, 0.1) is 6.07 Å². The van der Waals surface area contributed by atoms with Gasteiger partial charge in [-0.1, -0.05) is 69.0 Å². The zero-order valence-corrected chi connectivity index (χ0v) is 19.8. The molecule has 0 bridgehead atoms. The number of unbranched alkanes of at least 4 members (excludes halogenated alkanes) is 4. The number of rotatable bonds is 7. The van der Waals surface area contributed by atoms with Gasteiger partial charge in [0.15, 0.2) is 0 Å². The maximum Gasteiger partial charge on any atom is 0.0607 e. The number of hydrogen-bond acceptors (Lipinski definition) is 1. The molecular formula is C28H26IrN-. The Labute approximate surface area is 192 Å². The number of aromatic nitrogens is 1. The quantitative estimate of drug-likeness (QED) is 0.144. The van der Waals surface area contributed by atoms with Crippen LogP contribution in [0.3, 0.4) is 0 Å². The van der Waals surface area contributed by atoms with Crippen LogP contribution in [-0.4, -0.2) is 4.98 Å². The van der Waals surface area contributed by atoms with Crippen molar-refractivity contribution in [1.29, 1.82) is 0 Å². The van der Waals surface area contributed by atoms with Crippen molar-refractivity contribution in [2.45, 2.75) is 45.4 Å². The molecule has 1 heterocycles. The average Bonchev–Trinajstić information content (AvgIpc) is 3.09. The van der Waals surface area contributed by atoms with Gasteiger partial charge in [-0.05, 0) is 52.4 Å². The van der Waals surface area contributed by atoms with Crippen LogP contribution < -0.4 is 0 Å². The van der Waals surface area contributed by atoms with Crippen molar-refractivity contribution in [2.75, 3.05) is 0 Å². The van der Waals surface area contributed by atoms with E-state index >= 15 is 0 Å². The second-order valence-electron chi connectivity index (χ2n) is 8.08. The van der Waals surface area contributed by atoms with Gasteiger partial charge in [-0.2, -0.15) is 0 Å². The molecule has 1 nitrogen and oxygen atoms in total. The van der Waals surface area contributed by atoms with Crippen molar-refractivity contribution in [3.63, 3.8) is 0 Å². The summed E-state index contributed by atoms with van der Waals surface area (Å²) in [6.45, 7) is 2.27. The first-order valence-corrected chi connectivity index (χ1v) is 10.9. The number of aryl methyl sites for hydroxylation is 1. The number of pyridine rings is 1. The third-order valence-corrected chi connectivity index (χ3v) is 6.05. The van der Waals surface area contributed by atoms with E-state index in [-0.39, 0.29) is 20.1 Å². The molecule has 0 amide bonds. The fourth-order valence-corrected chi connectivity index (χ4v) is 4.55. The van der Waals surface area contributed by atoms with Crippen LogP contribution in [0.1, 0.15) is 44.6 Å². The van der Waals surface area contributed by atoms with Gasteiger partial charge in [-0.25, -0.2) is 0 Å². The van der Waals surface area contributed by atoms with Gasteiger partial charge in [0.2, 0.25) is 0 Å². The van der Waals surface area contributed by atoms with Crippen molar-refractivity contribution in [3.05, 3.63) is 78.4 Å². The van der Waals surface area contributed by atoms with Crippen LogP contribution in [-0.2, 0) is 26.5 Å². The van der Waals surface area contributed by atoms with Gasteiger partial charge in [-0.15, -0.1) is 35.9 Å². The largest absolute Gasteiger partial charge is 0.296 e. The normalized spacial score (nSPS) is 11.4. The van der Waals surface area contributed by atoms with Gasteiger partial charge in [0, 0.05) is 25.5 Å². The van der Waals surface area contributed by atoms with E-state index in [1.165, 1.54) is 71.7 Å². The van der Waals surface area contributed by atoms with E-state index in [0.29, 0.717) is 0 Å². The second kappa shape index (κ2) is 9.25. The molecule has 0 fully saturated rings. The van der Waals surface area contributed by atoms with Crippen molar-refractivity contribution in [3.8, 4) is 33.5 Å². The number of fused-ring (bicyclic) bond motifs is 3. The summed E-state index contributed by atoms with van der Waals surface area (Å²) in [4.78, 5) is 4.96. The Hall–Kier alpha value is -2.28. The molecule has 153 valence electrons. The van der Waals surface area contributed by atoms with Crippen molar-refractivity contribution in [2.24, 2.45) is 0 Å². The molecule has 1 aromatic heterocycles. The van der Waals surface area contributed by atoms with Crippen molar-refractivity contribution < 1.29 is 20.1 Å². The Bertz CT molecular complexity index is 1160. The predicted molar refractivity (Wildman–Crippen MR) is 123 cm³/mol. The summed E-state index contributed by atoms with van der Waals surface area (Å²) in [5.74, 6) is 0. The topological polar surface area (TPSA) is 12.9 Å².